The molecule has 0 spiro atoms. The van der Waals surface area contributed by atoms with Crippen molar-refractivity contribution in [2.75, 3.05) is 0 Å². The summed E-state index contributed by atoms with van der Waals surface area (Å²) in [4.78, 5) is 13.2. The molecule has 1 fully saturated rings. The fourth-order valence-corrected chi connectivity index (χ4v) is 3.78. The monoisotopic (exact) mass is 301 g/mol. The average molecular weight is 302 g/mol. The van der Waals surface area contributed by atoms with Crippen LogP contribution in [0.5, 0.6) is 0 Å². The van der Waals surface area contributed by atoms with Crippen molar-refractivity contribution >= 4 is 33.0 Å². The summed E-state index contributed by atoms with van der Waals surface area (Å²) >= 11 is 5.11. The van der Waals surface area contributed by atoms with Crippen LogP contribution in [-0.4, -0.2) is 11.8 Å². The summed E-state index contributed by atoms with van der Waals surface area (Å²) in [6.45, 7) is 0. The van der Waals surface area contributed by atoms with Gasteiger partial charge in [-0.1, -0.05) is 6.42 Å². The Labute approximate surface area is 108 Å². The largest absolute Gasteiger partial charge is 0.328 e. The number of hydrogen-bond donors (Lipinski definition) is 1. The third kappa shape index (κ3) is 2.93. The topological polar surface area (TPSA) is 43.1 Å². The summed E-state index contributed by atoms with van der Waals surface area (Å²) in [6.07, 6.45) is 4.64. The van der Waals surface area contributed by atoms with Crippen LogP contribution in [0.15, 0.2) is 15.9 Å². The van der Waals surface area contributed by atoms with Crippen molar-refractivity contribution in [3.63, 3.8) is 0 Å². The molecule has 88 valence electrons. The predicted molar refractivity (Wildman–Crippen MR) is 70.7 cm³/mol. The summed E-state index contributed by atoms with van der Waals surface area (Å²) in [7, 11) is 0. The lowest BCUT2D eigenvalue weighted by atomic mass is 9.82. The molecule has 2 N–H and O–H groups in total. The Morgan fingerprint density at radius 3 is 3.00 bits per heavy atom. The fraction of sp³-hybridized carbons (Fsp3) is 0.583. The molecule has 4 heteroatoms. The van der Waals surface area contributed by atoms with Gasteiger partial charge in [-0.25, -0.2) is 0 Å². The van der Waals surface area contributed by atoms with Gasteiger partial charge in [0.05, 0.1) is 0 Å². The minimum absolute atomic E-state index is 0.192. The van der Waals surface area contributed by atoms with Gasteiger partial charge in [-0.15, -0.1) is 11.3 Å². The van der Waals surface area contributed by atoms with E-state index in [1.165, 1.54) is 0 Å². The first kappa shape index (κ1) is 12.3. The smallest absolute Gasteiger partial charge is 0.141 e. The van der Waals surface area contributed by atoms with E-state index in [0.717, 1.165) is 35.0 Å². The van der Waals surface area contributed by atoms with E-state index in [0.29, 0.717) is 12.2 Å². The maximum Gasteiger partial charge on any atom is 0.141 e. The van der Waals surface area contributed by atoms with Crippen molar-refractivity contribution in [2.24, 2.45) is 11.7 Å². The van der Waals surface area contributed by atoms with E-state index in [2.05, 4.69) is 15.9 Å². The molecule has 1 heterocycles. The number of hydrogen-bond acceptors (Lipinski definition) is 3. The van der Waals surface area contributed by atoms with E-state index < -0.39 is 0 Å². The van der Waals surface area contributed by atoms with Crippen molar-refractivity contribution in [3.8, 4) is 0 Å². The maximum atomic E-state index is 12.1. The average Bonchev–Trinajstić information content (AvgIpc) is 2.64. The second-order valence-corrected chi connectivity index (χ2v) is 6.31. The SMILES string of the molecule is NC1CCCC(C(=O)Cc2sccc2Br)C1. The standard InChI is InChI=1S/C12H16BrNOS/c13-10-4-5-16-12(10)7-11(15)8-2-1-3-9(14)6-8/h4-5,8-9H,1-3,6-7,14H2. The van der Waals surface area contributed by atoms with Crippen molar-refractivity contribution in [3.05, 3.63) is 20.8 Å². The van der Waals surface area contributed by atoms with E-state index in [4.69, 9.17) is 5.73 Å². The van der Waals surface area contributed by atoms with Gasteiger partial charge in [0, 0.05) is 27.7 Å². The fourth-order valence-electron chi connectivity index (χ4n) is 2.27. The summed E-state index contributed by atoms with van der Waals surface area (Å²) in [5.41, 5.74) is 5.91. The highest BCUT2D eigenvalue weighted by atomic mass is 79.9. The molecule has 16 heavy (non-hydrogen) atoms. The number of carbonyl (C=O) groups is 1. The van der Waals surface area contributed by atoms with Crippen LogP contribution >= 0.6 is 27.3 Å². The molecule has 1 aromatic rings. The lowest BCUT2D eigenvalue weighted by Gasteiger charge is -2.25. The van der Waals surface area contributed by atoms with Crippen LogP contribution in [0.25, 0.3) is 0 Å². The molecule has 0 bridgehead atoms. The summed E-state index contributed by atoms with van der Waals surface area (Å²) in [5, 5.41) is 2.01. The Morgan fingerprint density at radius 2 is 2.38 bits per heavy atom. The molecule has 1 aliphatic rings. The number of Topliss-reactive ketones (excluding diaryl/α,β-unsaturated/α-hetero) is 1. The zero-order chi connectivity index (χ0) is 11.5. The molecule has 1 saturated carbocycles. The predicted octanol–water partition coefficient (Wildman–Crippen LogP) is 3.14. The van der Waals surface area contributed by atoms with Crippen LogP contribution in [0.1, 0.15) is 30.6 Å². The number of nitrogens with two attached hydrogens (primary N) is 1. The van der Waals surface area contributed by atoms with Crippen LogP contribution in [0.3, 0.4) is 0 Å². The second kappa shape index (κ2) is 5.43. The quantitative estimate of drug-likeness (QED) is 0.932. The number of thiophene rings is 1. The van der Waals surface area contributed by atoms with Crippen LogP contribution in [0, 0.1) is 5.92 Å². The van der Waals surface area contributed by atoms with E-state index in [1.54, 1.807) is 11.3 Å². The third-order valence-electron chi connectivity index (χ3n) is 3.20. The van der Waals surface area contributed by atoms with Gasteiger partial charge in [-0.3, -0.25) is 4.79 Å². The first-order chi connectivity index (χ1) is 7.66. The van der Waals surface area contributed by atoms with Gasteiger partial charge in [-0.2, -0.15) is 0 Å². The van der Waals surface area contributed by atoms with Crippen molar-refractivity contribution in [1.29, 1.82) is 0 Å². The molecule has 2 atom stereocenters. The molecule has 2 nitrogen and oxygen atoms in total. The van der Waals surface area contributed by atoms with Gasteiger partial charge in [0.15, 0.2) is 0 Å². The number of carbonyl (C=O) groups excluding carboxylic acids is 1. The highest BCUT2D eigenvalue weighted by molar-refractivity contribution is 9.10. The number of halogens is 1. The van der Waals surface area contributed by atoms with E-state index in [9.17, 15) is 4.79 Å². The molecular weight excluding hydrogens is 286 g/mol. The molecule has 2 unspecified atom stereocenters. The van der Waals surface area contributed by atoms with Gasteiger partial charge in [0.2, 0.25) is 0 Å². The van der Waals surface area contributed by atoms with Gasteiger partial charge in [0.1, 0.15) is 5.78 Å². The maximum absolute atomic E-state index is 12.1. The Bertz CT molecular complexity index is 377. The van der Waals surface area contributed by atoms with E-state index in [-0.39, 0.29) is 12.0 Å². The Hall–Kier alpha value is -0.190. The Kier molecular flexibility index (Phi) is 4.16. The van der Waals surface area contributed by atoms with Crippen LogP contribution in [0.2, 0.25) is 0 Å². The Balaban J connectivity index is 1.95. The van der Waals surface area contributed by atoms with Gasteiger partial charge < -0.3 is 5.73 Å². The second-order valence-electron chi connectivity index (χ2n) is 4.46. The summed E-state index contributed by atoms with van der Waals surface area (Å²) < 4.78 is 1.06. The molecule has 0 amide bonds. The minimum Gasteiger partial charge on any atom is -0.328 e. The lowest BCUT2D eigenvalue weighted by molar-refractivity contribution is -0.123. The molecule has 0 saturated heterocycles. The van der Waals surface area contributed by atoms with Gasteiger partial charge in [-0.05, 0) is 46.6 Å². The molecule has 1 aromatic heterocycles. The summed E-state index contributed by atoms with van der Waals surface area (Å²) in [5.74, 6) is 0.552. The molecule has 2 rings (SSSR count). The zero-order valence-corrected chi connectivity index (χ0v) is 11.5. The molecule has 0 aliphatic heterocycles. The highest BCUT2D eigenvalue weighted by Crippen LogP contribution is 2.28. The highest BCUT2D eigenvalue weighted by Gasteiger charge is 2.25. The van der Waals surface area contributed by atoms with E-state index >= 15 is 0 Å². The van der Waals surface area contributed by atoms with Gasteiger partial charge >= 0.3 is 0 Å². The molecular formula is C12H16BrNOS. The zero-order valence-electron chi connectivity index (χ0n) is 9.12. The molecule has 0 radical (unpaired) electrons. The number of ketones is 1. The first-order valence-electron chi connectivity index (χ1n) is 5.67. The van der Waals surface area contributed by atoms with Crippen LogP contribution < -0.4 is 5.73 Å². The van der Waals surface area contributed by atoms with Crippen LogP contribution in [0.4, 0.5) is 0 Å². The minimum atomic E-state index is 0.192. The first-order valence-corrected chi connectivity index (χ1v) is 7.34. The molecule has 1 aliphatic carbocycles. The third-order valence-corrected chi connectivity index (χ3v) is 5.12. The van der Waals surface area contributed by atoms with Crippen molar-refractivity contribution < 1.29 is 4.79 Å². The van der Waals surface area contributed by atoms with Crippen molar-refractivity contribution in [2.45, 2.75) is 38.1 Å². The van der Waals surface area contributed by atoms with Crippen molar-refractivity contribution in [1.82, 2.24) is 0 Å². The normalized spacial score (nSPS) is 25.6. The Morgan fingerprint density at radius 1 is 1.56 bits per heavy atom. The van der Waals surface area contributed by atoms with Gasteiger partial charge in [0.25, 0.3) is 0 Å². The van der Waals surface area contributed by atoms with Crippen LogP contribution in [-0.2, 0) is 11.2 Å². The number of rotatable bonds is 3. The summed E-state index contributed by atoms with van der Waals surface area (Å²) in [6, 6.07) is 2.23. The van der Waals surface area contributed by atoms with E-state index in [1.807, 2.05) is 11.4 Å². The molecule has 0 aromatic carbocycles. The lowest BCUT2D eigenvalue weighted by Crippen LogP contribution is -2.32.